The van der Waals surface area contributed by atoms with Gasteiger partial charge < -0.3 is 0 Å². The first kappa shape index (κ1) is 22.5. The molecule has 0 saturated carbocycles. The van der Waals surface area contributed by atoms with Crippen LogP contribution in [0.5, 0.6) is 0 Å². The van der Waals surface area contributed by atoms with Crippen molar-refractivity contribution in [1.82, 2.24) is 9.97 Å². The van der Waals surface area contributed by atoms with E-state index in [4.69, 9.17) is 0 Å². The highest BCUT2D eigenvalue weighted by Gasteiger charge is 2.24. The van der Waals surface area contributed by atoms with Crippen molar-refractivity contribution in [2.75, 3.05) is 5.43 Å². The zero-order chi connectivity index (χ0) is 23.5. The molecule has 1 heterocycles. The second kappa shape index (κ2) is 9.45. The number of hydrogen-bond acceptors (Lipinski definition) is 4. The van der Waals surface area contributed by atoms with E-state index in [-0.39, 0.29) is 5.82 Å². The fraction of sp³-hybridized carbons (Fsp3) is 0. The molecule has 0 aliphatic rings. The molecule has 0 radical (unpaired) electrons. The quantitative estimate of drug-likeness (QED) is 0.105. The molecule has 1 aromatic heterocycles. The summed E-state index contributed by atoms with van der Waals surface area (Å²) >= 11 is 3.36. The molecule has 10 heteroatoms. The second-order valence-electron chi connectivity index (χ2n) is 6.69. The van der Waals surface area contributed by atoms with Gasteiger partial charge in [-0.3, -0.25) is 5.43 Å². The smallest absolute Gasteiger partial charge is 0.200 e. The summed E-state index contributed by atoms with van der Waals surface area (Å²) in [7, 11) is 0. The number of anilines is 1. The maximum Gasteiger partial charge on any atom is 0.200 e. The van der Waals surface area contributed by atoms with Crippen LogP contribution in [0.25, 0.3) is 22.6 Å². The zero-order valence-electron chi connectivity index (χ0n) is 16.5. The molecule has 4 rings (SSSR count). The number of nitrogens with one attached hydrogen (secondary N) is 1. The Labute approximate surface area is 193 Å². The van der Waals surface area contributed by atoms with Gasteiger partial charge in [-0.05, 0) is 12.1 Å². The monoisotopic (exact) mass is 518 g/mol. The van der Waals surface area contributed by atoms with Gasteiger partial charge in [-0.2, -0.15) is 5.10 Å². The summed E-state index contributed by atoms with van der Waals surface area (Å²) in [6, 6.07) is 17.9. The average molecular weight is 519 g/mol. The molecule has 4 aromatic rings. The average Bonchev–Trinajstić information content (AvgIpc) is 2.84. The van der Waals surface area contributed by atoms with Gasteiger partial charge in [0.25, 0.3) is 0 Å². The Kier molecular flexibility index (Phi) is 6.45. The van der Waals surface area contributed by atoms with Crippen LogP contribution in [0.15, 0.2) is 70.2 Å². The highest BCUT2D eigenvalue weighted by atomic mass is 79.9. The molecule has 1 N–H and O–H groups in total. The van der Waals surface area contributed by atoms with Gasteiger partial charge in [0.05, 0.1) is 17.5 Å². The zero-order valence-corrected chi connectivity index (χ0v) is 18.0. The molecular weight excluding hydrogens is 507 g/mol. The lowest BCUT2D eigenvalue weighted by Gasteiger charge is -2.09. The minimum atomic E-state index is -2.24. The molecule has 0 amide bonds. The highest BCUT2D eigenvalue weighted by molar-refractivity contribution is 9.10. The van der Waals surface area contributed by atoms with Gasteiger partial charge in [-0.25, -0.2) is 31.9 Å². The molecule has 166 valence electrons. The van der Waals surface area contributed by atoms with Crippen LogP contribution in [-0.2, 0) is 0 Å². The predicted octanol–water partition coefficient (Wildman–Crippen LogP) is 6.71. The third-order valence-corrected chi connectivity index (χ3v) is 5.04. The van der Waals surface area contributed by atoms with Crippen molar-refractivity contribution in [2.45, 2.75) is 0 Å². The van der Waals surface area contributed by atoms with Crippen LogP contribution in [0, 0.1) is 29.1 Å². The fourth-order valence-corrected chi connectivity index (χ4v) is 3.15. The van der Waals surface area contributed by atoms with Crippen molar-refractivity contribution in [2.24, 2.45) is 5.10 Å². The minimum absolute atomic E-state index is 0.141. The first-order valence-electron chi connectivity index (χ1n) is 9.36. The van der Waals surface area contributed by atoms with E-state index < -0.39 is 34.6 Å². The molecule has 0 aliphatic carbocycles. The molecule has 0 saturated heterocycles. The van der Waals surface area contributed by atoms with E-state index in [0.29, 0.717) is 23.3 Å². The van der Waals surface area contributed by atoms with E-state index >= 15 is 0 Å². The SMILES string of the molecule is Fc1c(F)c(F)c(C=NNc2cc(-c3ccccc3)nc(-c3ccc(Br)cc3)n2)c(F)c1F. The summed E-state index contributed by atoms with van der Waals surface area (Å²) in [5.74, 6) is -9.85. The molecule has 3 aromatic carbocycles. The van der Waals surface area contributed by atoms with E-state index in [2.05, 4.69) is 36.4 Å². The number of nitrogens with zero attached hydrogens (tertiary/aromatic N) is 3. The Balaban J connectivity index is 1.72. The van der Waals surface area contributed by atoms with Crippen LogP contribution in [-0.4, -0.2) is 16.2 Å². The van der Waals surface area contributed by atoms with Gasteiger partial charge in [0, 0.05) is 21.7 Å². The summed E-state index contributed by atoms with van der Waals surface area (Å²) in [5.41, 5.74) is 3.27. The van der Waals surface area contributed by atoms with E-state index in [1.807, 2.05) is 42.5 Å². The van der Waals surface area contributed by atoms with Gasteiger partial charge >= 0.3 is 0 Å². The fourth-order valence-electron chi connectivity index (χ4n) is 2.89. The molecule has 0 atom stereocenters. The van der Waals surface area contributed by atoms with Crippen LogP contribution < -0.4 is 5.43 Å². The Hall–Kier alpha value is -3.66. The Morgan fingerprint density at radius 1 is 0.727 bits per heavy atom. The molecule has 0 aliphatic heterocycles. The molecule has 33 heavy (non-hydrogen) atoms. The van der Waals surface area contributed by atoms with Gasteiger partial charge in [0.1, 0.15) is 0 Å². The predicted molar refractivity (Wildman–Crippen MR) is 118 cm³/mol. The Morgan fingerprint density at radius 3 is 1.97 bits per heavy atom. The number of aromatic nitrogens is 2. The molecule has 0 fully saturated rings. The summed E-state index contributed by atoms with van der Waals surface area (Å²) < 4.78 is 68.6. The summed E-state index contributed by atoms with van der Waals surface area (Å²) in [6.45, 7) is 0. The topological polar surface area (TPSA) is 50.2 Å². The summed E-state index contributed by atoms with van der Waals surface area (Å²) in [4.78, 5) is 8.89. The first-order chi connectivity index (χ1) is 15.8. The lowest BCUT2D eigenvalue weighted by atomic mass is 10.1. The van der Waals surface area contributed by atoms with Crippen molar-refractivity contribution >= 4 is 28.0 Å². The highest BCUT2D eigenvalue weighted by Crippen LogP contribution is 2.26. The lowest BCUT2D eigenvalue weighted by Crippen LogP contribution is -2.07. The van der Waals surface area contributed by atoms with Crippen molar-refractivity contribution in [3.63, 3.8) is 0 Å². The van der Waals surface area contributed by atoms with Crippen molar-refractivity contribution in [3.8, 4) is 22.6 Å². The molecule has 0 bridgehead atoms. The van der Waals surface area contributed by atoms with E-state index in [9.17, 15) is 22.0 Å². The number of halogens is 6. The maximum absolute atomic E-state index is 13.9. The largest absolute Gasteiger partial charge is 0.261 e. The Bertz CT molecular complexity index is 1320. The van der Waals surface area contributed by atoms with Crippen LogP contribution in [0.2, 0.25) is 0 Å². The maximum atomic E-state index is 13.9. The number of rotatable bonds is 5. The van der Waals surface area contributed by atoms with Crippen molar-refractivity contribution in [1.29, 1.82) is 0 Å². The number of hydrazone groups is 1. The van der Waals surface area contributed by atoms with Gasteiger partial charge in [0.2, 0.25) is 5.82 Å². The van der Waals surface area contributed by atoms with Crippen LogP contribution in [0.3, 0.4) is 0 Å². The lowest BCUT2D eigenvalue weighted by molar-refractivity contribution is 0.377. The van der Waals surface area contributed by atoms with Crippen LogP contribution >= 0.6 is 15.9 Å². The summed E-state index contributed by atoms with van der Waals surface area (Å²) in [5, 5.41) is 3.62. The number of benzene rings is 3. The molecule has 0 unspecified atom stereocenters. The Morgan fingerprint density at radius 2 is 1.33 bits per heavy atom. The molecule has 4 nitrogen and oxygen atoms in total. The standard InChI is InChI=1S/C23H12BrF5N4/c24-14-8-6-13(7-9-14)23-31-16(12-4-2-1-3-5-12)10-17(32-23)33-30-11-15-18(25)20(27)22(29)21(28)19(15)26/h1-11H,(H,31,32,33). The second-order valence-corrected chi connectivity index (χ2v) is 7.60. The van der Waals surface area contributed by atoms with E-state index in [0.717, 1.165) is 10.0 Å². The van der Waals surface area contributed by atoms with E-state index in [1.54, 1.807) is 12.1 Å². The van der Waals surface area contributed by atoms with Crippen LogP contribution in [0.4, 0.5) is 27.8 Å². The van der Waals surface area contributed by atoms with Crippen LogP contribution in [0.1, 0.15) is 5.56 Å². The number of hydrogen-bond donors (Lipinski definition) is 1. The summed E-state index contributed by atoms with van der Waals surface area (Å²) in [6.07, 6.45) is 0.500. The third kappa shape index (κ3) is 4.75. The van der Waals surface area contributed by atoms with E-state index in [1.165, 1.54) is 6.07 Å². The first-order valence-corrected chi connectivity index (χ1v) is 10.2. The van der Waals surface area contributed by atoms with Gasteiger partial charge in [-0.1, -0.05) is 58.4 Å². The van der Waals surface area contributed by atoms with Gasteiger partial charge in [-0.15, -0.1) is 0 Å². The van der Waals surface area contributed by atoms with Crippen molar-refractivity contribution < 1.29 is 22.0 Å². The van der Waals surface area contributed by atoms with Gasteiger partial charge in [0.15, 0.2) is 34.9 Å². The molecular formula is C23H12BrF5N4. The third-order valence-electron chi connectivity index (χ3n) is 4.51. The normalized spacial score (nSPS) is 11.2. The molecule has 0 spiro atoms. The minimum Gasteiger partial charge on any atom is -0.261 e. The van der Waals surface area contributed by atoms with Crippen molar-refractivity contribution in [3.05, 3.63) is 99.8 Å².